The molecule has 0 rings (SSSR count). The minimum absolute atomic E-state index is 0.0101. The Bertz CT molecular complexity index is 1030. The predicted octanol–water partition coefficient (Wildman–Crippen LogP) is 14.2. The molecule has 0 heterocycles. The van der Waals surface area contributed by atoms with Gasteiger partial charge in [-0.25, -0.2) is 0 Å². The maximum absolute atomic E-state index is 12.9. The average molecular weight is 869 g/mol. The van der Waals surface area contributed by atoms with Gasteiger partial charge in [-0.15, -0.1) is 0 Å². The number of aliphatic hydroxyl groups excluding tert-OH is 1. The molecule has 0 aromatic heterocycles. The van der Waals surface area contributed by atoms with Crippen molar-refractivity contribution < 1.29 is 32.9 Å². The number of rotatable bonds is 47. The Balaban J connectivity index is 4.22. The zero-order valence-electron chi connectivity index (χ0n) is 40.4. The van der Waals surface area contributed by atoms with Gasteiger partial charge < -0.3 is 28.8 Å². The standard InChI is InChI=1S/C51H101N2O6P/c1-6-8-10-12-14-16-18-20-22-23-24-25-26-27-28-29-31-32-34-36-38-40-42-44-50(54)49(48-59-60(56,57)58-47-46-53(3,4)5)52-51(55)45-43-41-39-37-35-33-30-21-19-17-15-13-11-9-7-2/h15,17,21,30,49-50,54H,6-14,16,18-20,22-29,31-48H2,1-5H3,(H-,52,55,56,57)/b17-15-,30-21-. The number of amides is 1. The lowest BCUT2D eigenvalue weighted by atomic mass is 10.0. The number of likely N-dealkylation sites (N-methyl/N-ethyl adjacent to an activating group) is 1. The summed E-state index contributed by atoms with van der Waals surface area (Å²) in [5, 5.41) is 14.0. The van der Waals surface area contributed by atoms with E-state index in [-0.39, 0.29) is 19.1 Å². The van der Waals surface area contributed by atoms with Gasteiger partial charge in [-0.3, -0.25) is 9.36 Å². The summed E-state index contributed by atoms with van der Waals surface area (Å²) >= 11 is 0. The van der Waals surface area contributed by atoms with Crippen molar-refractivity contribution in [3.8, 4) is 0 Å². The zero-order chi connectivity index (χ0) is 44.3. The van der Waals surface area contributed by atoms with Gasteiger partial charge in [0.05, 0.1) is 39.9 Å². The van der Waals surface area contributed by atoms with Crippen LogP contribution in [0.25, 0.3) is 0 Å². The number of nitrogens with one attached hydrogen (secondary N) is 1. The highest BCUT2D eigenvalue weighted by Gasteiger charge is 2.24. The highest BCUT2D eigenvalue weighted by molar-refractivity contribution is 7.45. The van der Waals surface area contributed by atoms with Gasteiger partial charge in [-0.1, -0.05) is 218 Å². The van der Waals surface area contributed by atoms with Gasteiger partial charge in [0.25, 0.3) is 7.82 Å². The molecule has 8 nitrogen and oxygen atoms in total. The number of hydrogen-bond acceptors (Lipinski definition) is 6. The number of nitrogens with zero attached hydrogens (tertiary/aromatic N) is 1. The SMILES string of the molecule is CCCCC/C=C\C/C=C\CCCCCCCC(=O)NC(COP(=O)([O-])OCC[N+](C)(C)C)C(O)CCCCCCCCCCCCCCCCCCCCCCCCC. The number of allylic oxidation sites excluding steroid dienone is 4. The molecule has 0 saturated carbocycles. The maximum atomic E-state index is 12.9. The predicted molar refractivity (Wildman–Crippen MR) is 256 cm³/mol. The number of carbonyl (C=O) groups excluding carboxylic acids is 1. The van der Waals surface area contributed by atoms with Crippen molar-refractivity contribution in [1.29, 1.82) is 0 Å². The Morgan fingerprint density at radius 2 is 0.967 bits per heavy atom. The van der Waals surface area contributed by atoms with Crippen LogP contribution in [0.2, 0.25) is 0 Å². The summed E-state index contributed by atoms with van der Waals surface area (Å²) < 4.78 is 23.3. The Morgan fingerprint density at radius 3 is 1.42 bits per heavy atom. The molecule has 0 aromatic rings. The van der Waals surface area contributed by atoms with Crippen LogP contribution in [0.4, 0.5) is 0 Å². The van der Waals surface area contributed by atoms with Gasteiger partial charge in [-0.05, 0) is 44.9 Å². The molecular formula is C51H101N2O6P. The number of quaternary nitrogens is 1. The second kappa shape index (κ2) is 43.2. The first kappa shape index (κ1) is 59.0. The van der Waals surface area contributed by atoms with Gasteiger partial charge in [0.1, 0.15) is 13.2 Å². The molecule has 0 saturated heterocycles. The third kappa shape index (κ3) is 45.0. The van der Waals surface area contributed by atoms with Crippen LogP contribution in [0.3, 0.4) is 0 Å². The highest BCUT2D eigenvalue weighted by atomic mass is 31.2. The Kier molecular flexibility index (Phi) is 42.5. The summed E-state index contributed by atoms with van der Waals surface area (Å²) in [6.45, 7) is 4.70. The first-order chi connectivity index (χ1) is 29.0. The fraction of sp³-hybridized carbons (Fsp3) is 0.902. The summed E-state index contributed by atoms with van der Waals surface area (Å²) in [7, 11) is 1.30. The van der Waals surface area contributed by atoms with E-state index in [2.05, 4.69) is 43.5 Å². The number of hydrogen-bond donors (Lipinski definition) is 2. The second-order valence-corrected chi connectivity index (χ2v) is 20.3. The molecule has 3 unspecified atom stereocenters. The molecule has 0 fully saturated rings. The zero-order valence-corrected chi connectivity index (χ0v) is 41.3. The largest absolute Gasteiger partial charge is 0.756 e. The van der Waals surface area contributed by atoms with E-state index < -0.39 is 20.0 Å². The molecular weight excluding hydrogens is 768 g/mol. The molecule has 2 N–H and O–H groups in total. The highest BCUT2D eigenvalue weighted by Crippen LogP contribution is 2.38. The third-order valence-corrected chi connectivity index (χ3v) is 12.7. The lowest BCUT2D eigenvalue weighted by molar-refractivity contribution is -0.870. The number of aliphatic hydroxyl groups is 1. The number of phosphoric acid groups is 1. The van der Waals surface area contributed by atoms with Crippen molar-refractivity contribution >= 4 is 13.7 Å². The fourth-order valence-electron chi connectivity index (χ4n) is 7.60. The van der Waals surface area contributed by atoms with Gasteiger partial charge in [0.2, 0.25) is 5.91 Å². The fourth-order valence-corrected chi connectivity index (χ4v) is 8.32. The normalized spacial score (nSPS) is 14.3. The van der Waals surface area contributed by atoms with Crippen LogP contribution in [-0.4, -0.2) is 68.5 Å². The number of carbonyl (C=O) groups is 1. The molecule has 60 heavy (non-hydrogen) atoms. The molecule has 3 atom stereocenters. The van der Waals surface area contributed by atoms with Crippen molar-refractivity contribution in [3.63, 3.8) is 0 Å². The molecule has 0 aliphatic carbocycles. The van der Waals surface area contributed by atoms with E-state index in [0.29, 0.717) is 23.9 Å². The lowest BCUT2D eigenvalue weighted by Gasteiger charge is -2.30. The molecule has 0 aliphatic rings. The van der Waals surface area contributed by atoms with Crippen LogP contribution in [0.5, 0.6) is 0 Å². The van der Waals surface area contributed by atoms with E-state index >= 15 is 0 Å². The van der Waals surface area contributed by atoms with E-state index in [1.54, 1.807) is 0 Å². The summed E-state index contributed by atoms with van der Waals surface area (Å²) in [5.74, 6) is -0.177. The molecule has 0 spiro atoms. The minimum Gasteiger partial charge on any atom is -0.756 e. The summed E-state index contributed by atoms with van der Waals surface area (Å²) in [6.07, 6.45) is 51.9. The van der Waals surface area contributed by atoms with Crippen LogP contribution in [0.1, 0.15) is 245 Å². The third-order valence-electron chi connectivity index (χ3n) is 11.7. The second-order valence-electron chi connectivity index (χ2n) is 18.9. The van der Waals surface area contributed by atoms with Crippen LogP contribution in [0.15, 0.2) is 24.3 Å². The quantitative estimate of drug-likeness (QED) is 0.0273. The molecule has 9 heteroatoms. The van der Waals surface area contributed by atoms with Crippen LogP contribution >= 0.6 is 7.82 Å². The van der Waals surface area contributed by atoms with E-state index in [1.165, 1.54) is 154 Å². The Morgan fingerprint density at radius 1 is 0.583 bits per heavy atom. The van der Waals surface area contributed by atoms with Gasteiger partial charge in [0.15, 0.2) is 0 Å². The van der Waals surface area contributed by atoms with E-state index in [4.69, 9.17) is 9.05 Å². The van der Waals surface area contributed by atoms with Gasteiger partial charge in [-0.2, -0.15) is 0 Å². The van der Waals surface area contributed by atoms with Gasteiger partial charge in [0, 0.05) is 6.42 Å². The topological polar surface area (TPSA) is 108 Å². The van der Waals surface area contributed by atoms with E-state index in [9.17, 15) is 19.4 Å². The van der Waals surface area contributed by atoms with E-state index in [1.807, 2.05) is 21.1 Å². The lowest BCUT2D eigenvalue weighted by Crippen LogP contribution is -2.46. The van der Waals surface area contributed by atoms with Crippen LogP contribution < -0.4 is 10.2 Å². The van der Waals surface area contributed by atoms with Crippen molar-refractivity contribution in [3.05, 3.63) is 24.3 Å². The molecule has 0 bridgehead atoms. The first-order valence-electron chi connectivity index (χ1n) is 25.7. The minimum atomic E-state index is -4.57. The Hall–Kier alpha value is -1.02. The molecule has 0 aromatic carbocycles. The number of unbranched alkanes of at least 4 members (excludes halogenated alkanes) is 30. The number of phosphoric ester groups is 1. The molecule has 1 amide bonds. The van der Waals surface area contributed by atoms with Crippen molar-refractivity contribution in [2.75, 3.05) is 40.9 Å². The maximum Gasteiger partial charge on any atom is 0.268 e. The van der Waals surface area contributed by atoms with Crippen molar-refractivity contribution in [2.24, 2.45) is 0 Å². The average Bonchev–Trinajstić information content (AvgIpc) is 3.20. The summed E-state index contributed by atoms with van der Waals surface area (Å²) in [5.41, 5.74) is 0. The first-order valence-corrected chi connectivity index (χ1v) is 27.1. The van der Waals surface area contributed by atoms with Gasteiger partial charge >= 0.3 is 0 Å². The Labute approximate surface area is 373 Å². The van der Waals surface area contributed by atoms with Crippen LogP contribution in [-0.2, 0) is 18.4 Å². The van der Waals surface area contributed by atoms with Crippen LogP contribution in [0, 0.1) is 0 Å². The smallest absolute Gasteiger partial charge is 0.268 e. The summed E-state index contributed by atoms with van der Waals surface area (Å²) in [6, 6.07) is -0.806. The molecule has 356 valence electrons. The monoisotopic (exact) mass is 869 g/mol. The van der Waals surface area contributed by atoms with Crippen molar-refractivity contribution in [2.45, 2.75) is 257 Å². The van der Waals surface area contributed by atoms with Crippen molar-refractivity contribution in [1.82, 2.24) is 5.32 Å². The summed E-state index contributed by atoms with van der Waals surface area (Å²) in [4.78, 5) is 25.4. The van der Waals surface area contributed by atoms with E-state index in [0.717, 1.165) is 64.2 Å². The molecule has 0 radical (unpaired) electrons. The molecule has 0 aliphatic heterocycles.